The second kappa shape index (κ2) is 3.61. The van der Waals surface area contributed by atoms with Gasteiger partial charge in [0.15, 0.2) is 0 Å². The maximum atomic E-state index is 5.27. The highest BCUT2D eigenvalue weighted by atomic mass is 16.3. The molecule has 1 saturated heterocycles. The van der Waals surface area contributed by atoms with Crippen molar-refractivity contribution >= 4 is 16.5 Å². The fraction of sp³-hybridized carbons (Fsp3) is 0.385. The SMILES string of the molecule is c1cc(N2CCCCC2)c2cocc2c1. The van der Waals surface area contributed by atoms with Crippen LogP contribution in [0, 0.1) is 0 Å². The first-order valence-corrected chi connectivity index (χ1v) is 5.65. The van der Waals surface area contributed by atoms with E-state index in [0.717, 1.165) is 0 Å². The fourth-order valence-corrected chi connectivity index (χ4v) is 2.39. The van der Waals surface area contributed by atoms with E-state index in [4.69, 9.17) is 4.42 Å². The summed E-state index contributed by atoms with van der Waals surface area (Å²) < 4.78 is 5.27. The lowest BCUT2D eigenvalue weighted by Gasteiger charge is -2.29. The summed E-state index contributed by atoms with van der Waals surface area (Å²) in [5.74, 6) is 0. The number of hydrogen-bond donors (Lipinski definition) is 0. The Morgan fingerprint density at radius 1 is 1.00 bits per heavy atom. The van der Waals surface area contributed by atoms with Gasteiger partial charge in [-0.3, -0.25) is 0 Å². The number of hydrogen-bond acceptors (Lipinski definition) is 2. The minimum Gasteiger partial charge on any atom is -0.471 e. The molecule has 3 rings (SSSR count). The third-order valence-corrected chi connectivity index (χ3v) is 3.19. The van der Waals surface area contributed by atoms with Gasteiger partial charge in [0.2, 0.25) is 0 Å². The molecule has 0 unspecified atom stereocenters. The monoisotopic (exact) mass is 201 g/mol. The largest absolute Gasteiger partial charge is 0.471 e. The van der Waals surface area contributed by atoms with Crippen LogP contribution in [0.5, 0.6) is 0 Å². The normalized spacial score (nSPS) is 17.2. The maximum absolute atomic E-state index is 5.27. The van der Waals surface area contributed by atoms with Crippen LogP contribution in [0.25, 0.3) is 10.8 Å². The number of anilines is 1. The summed E-state index contributed by atoms with van der Waals surface area (Å²) >= 11 is 0. The zero-order valence-corrected chi connectivity index (χ0v) is 8.78. The molecule has 1 aliphatic rings. The lowest BCUT2D eigenvalue weighted by Crippen LogP contribution is -2.29. The number of nitrogens with zero attached hydrogens (tertiary/aromatic N) is 1. The highest BCUT2D eigenvalue weighted by molar-refractivity contribution is 5.93. The first-order valence-electron chi connectivity index (χ1n) is 5.65. The summed E-state index contributed by atoms with van der Waals surface area (Å²) in [4.78, 5) is 2.47. The number of fused-ring (bicyclic) bond motifs is 1. The molecular formula is C13H15NO. The highest BCUT2D eigenvalue weighted by Gasteiger charge is 2.13. The molecule has 2 nitrogen and oxygen atoms in total. The van der Waals surface area contributed by atoms with Crippen LogP contribution in [0.3, 0.4) is 0 Å². The summed E-state index contributed by atoms with van der Waals surface area (Å²) in [6, 6.07) is 6.41. The zero-order chi connectivity index (χ0) is 10.1. The van der Waals surface area contributed by atoms with Crippen molar-refractivity contribution in [3.8, 4) is 0 Å². The summed E-state index contributed by atoms with van der Waals surface area (Å²) in [6.07, 6.45) is 7.68. The van der Waals surface area contributed by atoms with E-state index in [1.807, 2.05) is 12.5 Å². The first kappa shape index (κ1) is 8.84. The van der Waals surface area contributed by atoms with E-state index >= 15 is 0 Å². The molecule has 1 aliphatic heterocycles. The molecule has 0 atom stereocenters. The molecule has 2 heterocycles. The molecule has 0 amide bonds. The third kappa shape index (κ3) is 1.50. The van der Waals surface area contributed by atoms with Gasteiger partial charge in [-0.05, 0) is 25.3 Å². The second-order valence-electron chi connectivity index (χ2n) is 4.20. The van der Waals surface area contributed by atoms with Crippen molar-refractivity contribution in [1.82, 2.24) is 0 Å². The van der Waals surface area contributed by atoms with E-state index < -0.39 is 0 Å². The van der Waals surface area contributed by atoms with Gasteiger partial charge in [0.25, 0.3) is 0 Å². The third-order valence-electron chi connectivity index (χ3n) is 3.19. The fourth-order valence-electron chi connectivity index (χ4n) is 2.39. The Labute approximate surface area is 89.5 Å². The Balaban J connectivity index is 2.05. The predicted molar refractivity (Wildman–Crippen MR) is 62.3 cm³/mol. The summed E-state index contributed by atoms with van der Waals surface area (Å²) in [6.45, 7) is 2.37. The summed E-state index contributed by atoms with van der Waals surface area (Å²) in [5, 5.41) is 2.46. The van der Waals surface area contributed by atoms with Gasteiger partial charge in [-0.1, -0.05) is 12.1 Å². The Hall–Kier alpha value is -1.44. The molecule has 2 heteroatoms. The molecule has 0 N–H and O–H groups in total. The van der Waals surface area contributed by atoms with Gasteiger partial charge in [0, 0.05) is 29.5 Å². The van der Waals surface area contributed by atoms with Gasteiger partial charge in [-0.2, -0.15) is 0 Å². The summed E-state index contributed by atoms with van der Waals surface area (Å²) in [5.41, 5.74) is 1.33. The maximum Gasteiger partial charge on any atom is 0.100 e. The molecule has 0 saturated carbocycles. The van der Waals surface area contributed by atoms with Crippen LogP contribution in [-0.2, 0) is 0 Å². The molecule has 2 aromatic rings. The molecule has 0 bridgehead atoms. The zero-order valence-electron chi connectivity index (χ0n) is 8.78. The van der Waals surface area contributed by atoms with Crippen LogP contribution in [0.15, 0.2) is 35.1 Å². The Kier molecular flexibility index (Phi) is 2.13. The van der Waals surface area contributed by atoms with Gasteiger partial charge in [-0.25, -0.2) is 0 Å². The average Bonchev–Trinajstić information content (AvgIpc) is 2.78. The van der Waals surface area contributed by atoms with E-state index in [-0.39, 0.29) is 0 Å². The highest BCUT2D eigenvalue weighted by Crippen LogP contribution is 2.29. The van der Waals surface area contributed by atoms with Crippen LogP contribution in [0.4, 0.5) is 5.69 Å². The molecule has 78 valence electrons. The van der Waals surface area contributed by atoms with Crippen LogP contribution < -0.4 is 4.90 Å². The average molecular weight is 201 g/mol. The topological polar surface area (TPSA) is 16.4 Å². The number of benzene rings is 1. The second-order valence-corrected chi connectivity index (χ2v) is 4.20. The number of furan rings is 1. The lowest BCUT2D eigenvalue weighted by molar-refractivity contribution is 0.570. The van der Waals surface area contributed by atoms with E-state index in [9.17, 15) is 0 Å². The lowest BCUT2D eigenvalue weighted by atomic mass is 10.1. The van der Waals surface area contributed by atoms with E-state index in [1.54, 1.807) is 0 Å². The minimum atomic E-state index is 1.18. The van der Waals surface area contributed by atoms with Crippen molar-refractivity contribution in [3.63, 3.8) is 0 Å². The first-order chi connectivity index (χ1) is 7.45. The van der Waals surface area contributed by atoms with E-state index in [2.05, 4.69) is 23.1 Å². The van der Waals surface area contributed by atoms with Crippen molar-refractivity contribution < 1.29 is 4.42 Å². The van der Waals surface area contributed by atoms with Gasteiger partial charge >= 0.3 is 0 Å². The molecular weight excluding hydrogens is 186 g/mol. The smallest absolute Gasteiger partial charge is 0.100 e. The van der Waals surface area contributed by atoms with Gasteiger partial charge in [0.05, 0.1) is 6.26 Å². The van der Waals surface area contributed by atoms with Crippen molar-refractivity contribution in [2.75, 3.05) is 18.0 Å². The molecule has 1 aromatic carbocycles. The molecule has 0 spiro atoms. The van der Waals surface area contributed by atoms with E-state index in [0.29, 0.717) is 0 Å². The van der Waals surface area contributed by atoms with Gasteiger partial charge in [-0.15, -0.1) is 0 Å². The van der Waals surface area contributed by atoms with Crippen molar-refractivity contribution in [3.05, 3.63) is 30.7 Å². The quantitative estimate of drug-likeness (QED) is 0.702. The Morgan fingerprint density at radius 2 is 1.87 bits per heavy atom. The standard InChI is InChI=1S/C13H15NO/c1-2-7-14(8-3-1)13-6-4-5-11-9-15-10-12(11)13/h4-6,9-10H,1-3,7-8H2. The molecule has 1 aromatic heterocycles. The minimum absolute atomic E-state index is 1.18. The molecule has 0 radical (unpaired) electrons. The van der Waals surface area contributed by atoms with Crippen molar-refractivity contribution in [2.24, 2.45) is 0 Å². The Morgan fingerprint density at radius 3 is 2.73 bits per heavy atom. The molecule has 0 aliphatic carbocycles. The van der Waals surface area contributed by atoms with Crippen LogP contribution in [0.2, 0.25) is 0 Å². The van der Waals surface area contributed by atoms with Crippen LogP contribution >= 0.6 is 0 Å². The number of rotatable bonds is 1. The van der Waals surface area contributed by atoms with Gasteiger partial charge in [0.1, 0.15) is 6.26 Å². The molecule has 15 heavy (non-hydrogen) atoms. The predicted octanol–water partition coefficient (Wildman–Crippen LogP) is 3.42. The van der Waals surface area contributed by atoms with E-state index in [1.165, 1.54) is 48.8 Å². The van der Waals surface area contributed by atoms with Crippen molar-refractivity contribution in [2.45, 2.75) is 19.3 Å². The van der Waals surface area contributed by atoms with Gasteiger partial charge < -0.3 is 9.32 Å². The molecule has 1 fully saturated rings. The Bertz CT molecular complexity index is 454. The van der Waals surface area contributed by atoms with Crippen LogP contribution in [0.1, 0.15) is 19.3 Å². The van der Waals surface area contributed by atoms with Crippen LogP contribution in [-0.4, -0.2) is 13.1 Å². The number of piperidine rings is 1. The summed E-state index contributed by atoms with van der Waals surface area (Å²) in [7, 11) is 0. The van der Waals surface area contributed by atoms with Crippen molar-refractivity contribution in [1.29, 1.82) is 0 Å².